The Balaban J connectivity index is 1.82. The second-order valence-electron chi connectivity index (χ2n) is 8.87. The van der Waals surface area contributed by atoms with Gasteiger partial charge in [0.2, 0.25) is 5.91 Å². The van der Waals surface area contributed by atoms with Crippen molar-refractivity contribution in [2.75, 3.05) is 12.0 Å². The number of carbonyl (C=O) groups excluding carboxylic acids is 2. The number of methoxy groups -OCH3 is 1. The molecule has 0 aliphatic carbocycles. The number of aromatic nitrogens is 2. The Morgan fingerprint density at radius 1 is 1.23 bits per heavy atom. The summed E-state index contributed by atoms with van der Waals surface area (Å²) in [5.74, 6) is 0.656. The number of nitrogens with one attached hydrogen (secondary N) is 1. The number of nitrogens with zero attached hydrogens (tertiary/aromatic N) is 3. The zero-order chi connectivity index (χ0) is 22.4. The van der Waals surface area contributed by atoms with E-state index in [0.29, 0.717) is 28.6 Å². The third-order valence-corrected chi connectivity index (χ3v) is 5.24. The van der Waals surface area contributed by atoms with Gasteiger partial charge in [0.25, 0.3) is 5.91 Å². The van der Waals surface area contributed by atoms with Gasteiger partial charge in [-0.05, 0) is 64.1 Å². The van der Waals surface area contributed by atoms with E-state index >= 15 is 0 Å². The van der Waals surface area contributed by atoms with E-state index in [2.05, 4.69) is 10.4 Å². The van der Waals surface area contributed by atoms with Gasteiger partial charge in [0, 0.05) is 17.3 Å². The number of benzene rings is 1. The highest BCUT2D eigenvalue weighted by molar-refractivity contribution is 6.12. The Morgan fingerprint density at radius 2 is 1.94 bits per heavy atom. The second-order valence-corrected chi connectivity index (χ2v) is 8.87. The third-order valence-electron chi connectivity index (χ3n) is 5.24. The van der Waals surface area contributed by atoms with Gasteiger partial charge < -0.3 is 14.5 Å². The van der Waals surface area contributed by atoms with E-state index in [1.807, 2.05) is 20.8 Å². The summed E-state index contributed by atoms with van der Waals surface area (Å²) in [4.78, 5) is 28.6. The van der Waals surface area contributed by atoms with E-state index in [4.69, 9.17) is 9.15 Å². The first-order valence-electron chi connectivity index (χ1n) is 10.1. The monoisotopic (exact) mass is 422 g/mol. The van der Waals surface area contributed by atoms with E-state index in [1.54, 1.807) is 67.4 Å². The number of anilines is 1. The number of ether oxygens (including phenoxy) is 1. The molecule has 0 bridgehead atoms. The van der Waals surface area contributed by atoms with Crippen LogP contribution < -0.4 is 15.0 Å². The van der Waals surface area contributed by atoms with Crippen molar-refractivity contribution in [3.05, 3.63) is 54.4 Å². The van der Waals surface area contributed by atoms with Gasteiger partial charge in [-0.1, -0.05) is 0 Å². The van der Waals surface area contributed by atoms with E-state index < -0.39 is 11.1 Å². The smallest absolute Gasteiger partial charge is 0.277 e. The molecule has 0 radical (unpaired) electrons. The lowest BCUT2D eigenvalue weighted by atomic mass is 9.92. The van der Waals surface area contributed by atoms with Crippen molar-refractivity contribution >= 4 is 17.5 Å². The first-order chi connectivity index (χ1) is 14.6. The average molecular weight is 422 g/mol. The van der Waals surface area contributed by atoms with Crippen LogP contribution in [0, 0.1) is 0 Å². The van der Waals surface area contributed by atoms with Crippen LogP contribution >= 0.6 is 0 Å². The average Bonchev–Trinajstić information content (AvgIpc) is 3.37. The number of carbonyl (C=O) groups is 2. The molecule has 4 rings (SSSR count). The van der Waals surface area contributed by atoms with Crippen molar-refractivity contribution in [2.45, 2.75) is 45.3 Å². The molecule has 31 heavy (non-hydrogen) atoms. The van der Waals surface area contributed by atoms with Gasteiger partial charge in [-0.15, -0.1) is 0 Å². The fourth-order valence-corrected chi connectivity index (χ4v) is 3.74. The van der Waals surface area contributed by atoms with Crippen molar-refractivity contribution in [3.63, 3.8) is 0 Å². The minimum absolute atomic E-state index is 0.197. The van der Waals surface area contributed by atoms with Crippen molar-refractivity contribution in [1.82, 2.24) is 15.1 Å². The predicted octanol–water partition coefficient (Wildman–Crippen LogP) is 3.49. The summed E-state index contributed by atoms with van der Waals surface area (Å²) in [6.07, 6.45) is 1.56. The highest BCUT2D eigenvalue weighted by Crippen LogP contribution is 2.35. The summed E-state index contributed by atoms with van der Waals surface area (Å²) in [6.45, 7) is 7.68. The van der Waals surface area contributed by atoms with Crippen molar-refractivity contribution in [2.24, 2.45) is 0 Å². The van der Waals surface area contributed by atoms with Gasteiger partial charge in [0.15, 0.2) is 5.76 Å². The minimum Gasteiger partial charge on any atom is -0.497 e. The first kappa shape index (κ1) is 20.7. The fourth-order valence-electron chi connectivity index (χ4n) is 3.74. The zero-order valence-electron chi connectivity index (χ0n) is 18.3. The molecule has 1 aliphatic heterocycles. The van der Waals surface area contributed by atoms with E-state index in [9.17, 15) is 9.59 Å². The largest absolute Gasteiger partial charge is 0.497 e. The number of rotatable bonds is 4. The summed E-state index contributed by atoms with van der Waals surface area (Å²) in [5.41, 5.74) is -0.118. The van der Waals surface area contributed by atoms with Gasteiger partial charge in [0.1, 0.15) is 22.7 Å². The molecular weight excluding hydrogens is 396 g/mol. The Morgan fingerprint density at radius 3 is 2.52 bits per heavy atom. The summed E-state index contributed by atoms with van der Waals surface area (Å²) < 4.78 is 12.3. The number of fused-ring (bicyclic) bond motifs is 1. The van der Waals surface area contributed by atoms with Crippen LogP contribution in [-0.2, 0) is 11.3 Å². The third kappa shape index (κ3) is 3.69. The van der Waals surface area contributed by atoms with E-state index in [1.165, 1.54) is 4.90 Å². The molecule has 0 saturated heterocycles. The van der Waals surface area contributed by atoms with Crippen LogP contribution in [0.3, 0.4) is 0 Å². The molecule has 1 aromatic carbocycles. The normalized spacial score (nSPS) is 18.6. The van der Waals surface area contributed by atoms with Crippen LogP contribution in [0.15, 0.2) is 53.1 Å². The maximum Gasteiger partial charge on any atom is 0.277 e. The summed E-state index contributed by atoms with van der Waals surface area (Å²) in [6, 6.07) is 12.3. The number of hydrogen-bond acceptors (Lipinski definition) is 5. The first-order valence-corrected chi connectivity index (χ1v) is 10.1. The molecular formula is C23H26N4O4. The molecule has 8 heteroatoms. The molecule has 2 amide bonds. The Labute approximate surface area is 180 Å². The van der Waals surface area contributed by atoms with Crippen LogP contribution in [0.2, 0.25) is 0 Å². The quantitative estimate of drug-likeness (QED) is 0.695. The van der Waals surface area contributed by atoms with Crippen molar-refractivity contribution in [1.29, 1.82) is 0 Å². The SMILES string of the molecule is COc1ccc(N2C(=O)c3cc(-c4ccco4)nn3CC2(C)C(=O)NC(C)(C)C)cc1. The molecule has 0 saturated carbocycles. The summed E-state index contributed by atoms with van der Waals surface area (Å²) >= 11 is 0. The summed E-state index contributed by atoms with van der Waals surface area (Å²) in [7, 11) is 1.58. The fraction of sp³-hybridized carbons (Fsp3) is 0.348. The van der Waals surface area contributed by atoms with Crippen LogP contribution in [0.5, 0.6) is 5.75 Å². The molecule has 2 aromatic heterocycles. The van der Waals surface area contributed by atoms with Crippen molar-refractivity contribution in [3.8, 4) is 17.2 Å². The van der Waals surface area contributed by atoms with Gasteiger partial charge in [-0.3, -0.25) is 19.2 Å². The van der Waals surface area contributed by atoms with E-state index in [0.717, 1.165) is 0 Å². The van der Waals surface area contributed by atoms with Crippen LogP contribution in [0.4, 0.5) is 5.69 Å². The molecule has 1 aliphatic rings. The maximum absolute atomic E-state index is 13.7. The molecule has 3 heterocycles. The Kier molecular flexibility index (Phi) is 4.88. The topological polar surface area (TPSA) is 89.6 Å². The lowest BCUT2D eigenvalue weighted by molar-refractivity contribution is -0.128. The van der Waals surface area contributed by atoms with Crippen LogP contribution in [0.1, 0.15) is 38.2 Å². The van der Waals surface area contributed by atoms with Crippen molar-refractivity contribution < 1.29 is 18.7 Å². The minimum atomic E-state index is -1.20. The molecule has 1 atom stereocenters. The highest BCUT2D eigenvalue weighted by atomic mass is 16.5. The molecule has 1 N–H and O–H groups in total. The molecule has 1 unspecified atom stereocenters. The number of hydrogen-bond donors (Lipinski definition) is 1. The zero-order valence-corrected chi connectivity index (χ0v) is 18.3. The lowest BCUT2D eigenvalue weighted by Gasteiger charge is -2.44. The molecule has 0 fully saturated rings. The van der Waals surface area contributed by atoms with Gasteiger partial charge in [0.05, 0.1) is 19.9 Å². The van der Waals surface area contributed by atoms with Crippen LogP contribution in [0.25, 0.3) is 11.5 Å². The Hall–Kier alpha value is -3.55. The van der Waals surface area contributed by atoms with Crippen LogP contribution in [-0.4, -0.2) is 39.8 Å². The Bertz CT molecular complexity index is 1110. The molecule has 3 aromatic rings. The lowest BCUT2D eigenvalue weighted by Crippen LogP contribution is -2.66. The van der Waals surface area contributed by atoms with Gasteiger partial charge in [-0.2, -0.15) is 5.10 Å². The number of amides is 2. The van der Waals surface area contributed by atoms with Gasteiger partial charge in [-0.25, -0.2) is 0 Å². The standard InChI is InChI=1S/C23H26N4O4/c1-22(2,3)24-21(29)23(4)14-26-18(13-17(25-26)19-7-6-12-31-19)20(28)27(23)15-8-10-16(30-5)11-9-15/h6-13H,14H2,1-5H3,(H,24,29). The summed E-state index contributed by atoms with van der Waals surface area (Å²) in [5, 5.41) is 7.57. The molecule has 162 valence electrons. The molecule has 8 nitrogen and oxygen atoms in total. The molecule has 0 spiro atoms. The number of furan rings is 1. The maximum atomic E-state index is 13.7. The van der Waals surface area contributed by atoms with Gasteiger partial charge >= 0.3 is 0 Å². The highest BCUT2D eigenvalue weighted by Gasteiger charge is 2.49. The predicted molar refractivity (Wildman–Crippen MR) is 116 cm³/mol. The second kappa shape index (κ2) is 7.30. The van der Waals surface area contributed by atoms with E-state index in [-0.39, 0.29) is 18.4 Å².